The summed E-state index contributed by atoms with van der Waals surface area (Å²) in [5.41, 5.74) is 5.90. The van der Waals surface area contributed by atoms with Crippen LogP contribution in [0.4, 0.5) is 23.2 Å². The van der Waals surface area contributed by atoms with Crippen LogP contribution in [0.3, 0.4) is 0 Å². The van der Waals surface area contributed by atoms with Crippen LogP contribution in [0.5, 0.6) is 5.75 Å². The van der Waals surface area contributed by atoms with E-state index in [2.05, 4.69) is 4.74 Å². The van der Waals surface area contributed by atoms with Gasteiger partial charge in [-0.25, -0.2) is 8.78 Å². The van der Waals surface area contributed by atoms with E-state index in [1.54, 1.807) is 13.8 Å². The Morgan fingerprint density at radius 3 is 2.18 bits per heavy atom. The minimum Gasteiger partial charge on any atom is -0.409 e. The van der Waals surface area contributed by atoms with Crippen LogP contribution >= 0.6 is 0 Å². The molecule has 22 heavy (non-hydrogen) atoms. The maximum atomic E-state index is 14.0. The lowest BCUT2D eigenvalue weighted by molar-refractivity contribution is -0.375. The van der Waals surface area contributed by atoms with E-state index in [0.717, 1.165) is 6.07 Å². The molecule has 0 amide bonds. The van der Waals surface area contributed by atoms with Gasteiger partial charge in [-0.3, -0.25) is 0 Å². The van der Waals surface area contributed by atoms with Crippen LogP contribution in [-0.2, 0) is 0 Å². The molecule has 2 aromatic carbocycles. The van der Waals surface area contributed by atoms with E-state index in [0.29, 0.717) is 0 Å². The highest BCUT2D eigenvalue weighted by Gasteiger charge is 2.32. The number of nitrogens with two attached hydrogens (primary N) is 1. The molecule has 0 aliphatic heterocycles. The fourth-order valence-corrected chi connectivity index (χ4v) is 2.22. The van der Waals surface area contributed by atoms with Gasteiger partial charge in [0.05, 0.1) is 0 Å². The number of hydrogen-bond donors (Lipinski definition) is 3. The zero-order valence-electron chi connectivity index (χ0n) is 11.6. The molecular formula is C14H13F4NO3. The Balaban J connectivity index is 2.98. The number of rotatable bonds is 3. The molecule has 0 bridgehead atoms. The van der Waals surface area contributed by atoms with Gasteiger partial charge in [-0.2, -0.15) is 4.39 Å². The quantitative estimate of drug-likeness (QED) is 0.352. The largest absolute Gasteiger partial charge is 0.492 e. The number of fused-ring (bicyclic) bond motifs is 1. The number of nitrogen functional groups attached to an aromatic ring is 1. The van der Waals surface area contributed by atoms with Gasteiger partial charge in [0.15, 0.2) is 17.4 Å². The Morgan fingerprint density at radius 1 is 1.09 bits per heavy atom. The van der Waals surface area contributed by atoms with E-state index in [1.807, 2.05) is 0 Å². The summed E-state index contributed by atoms with van der Waals surface area (Å²) in [5.74, 6) is -6.84. The van der Waals surface area contributed by atoms with Gasteiger partial charge in [0, 0.05) is 16.5 Å². The molecule has 0 aliphatic rings. The predicted molar refractivity (Wildman–Crippen MR) is 71.2 cm³/mol. The van der Waals surface area contributed by atoms with Gasteiger partial charge in [-0.15, -0.1) is 4.39 Å². The van der Waals surface area contributed by atoms with Crippen molar-refractivity contribution in [1.82, 2.24) is 0 Å². The van der Waals surface area contributed by atoms with E-state index < -0.39 is 34.8 Å². The number of aliphatic hydroxyl groups is 2. The third-order valence-electron chi connectivity index (χ3n) is 3.09. The highest BCUT2D eigenvalue weighted by atomic mass is 19.2. The highest BCUT2D eigenvalue weighted by molar-refractivity contribution is 5.95. The first kappa shape index (κ1) is 16.3. The van der Waals surface area contributed by atoms with Crippen molar-refractivity contribution in [2.45, 2.75) is 26.0 Å². The molecular weight excluding hydrogens is 306 g/mol. The number of anilines is 1. The van der Waals surface area contributed by atoms with E-state index >= 15 is 0 Å². The van der Waals surface area contributed by atoms with Crippen molar-refractivity contribution < 1.29 is 32.5 Å². The number of hydrogen-bond acceptors (Lipinski definition) is 4. The van der Waals surface area contributed by atoms with Crippen molar-refractivity contribution in [2.24, 2.45) is 0 Å². The zero-order valence-corrected chi connectivity index (χ0v) is 11.6. The SMILES string of the molecule is CC(C)c1cc(N)cc2c(F)c(F)c(F)c(OC(O)(O)F)c12. The normalized spacial score (nSPS) is 12.2. The van der Waals surface area contributed by atoms with Crippen LogP contribution in [0.1, 0.15) is 25.3 Å². The van der Waals surface area contributed by atoms with E-state index in [4.69, 9.17) is 15.9 Å². The van der Waals surface area contributed by atoms with Crippen molar-refractivity contribution in [3.05, 3.63) is 35.1 Å². The van der Waals surface area contributed by atoms with E-state index in [1.165, 1.54) is 6.07 Å². The van der Waals surface area contributed by atoms with Crippen LogP contribution in [0.15, 0.2) is 12.1 Å². The summed E-state index contributed by atoms with van der Waals surface area (Å²) < 4.78 is 58.4. The number of alkyl halides is 1. The number of halogens is 4. The smallest absolute Gasteiger partial charge is 0.409 e. The van der Waals surface area contributed by atoms with Gasteiger partial charge in [0.1, 0.15) is 0 Å². The summed E-state index contributed by atoms with van der Waals surface area (Å²) in [4.78, 5) is 0. The van der Waals surface area contributed by atoms with Crippen molar-refractivity contribution in [1.29, 1.82) is 0 Å². The fourth-order valence-electron chi connectivity index (χ4n) is 2.22. The molecule has 8 heteroatoms. The van der Waals surface area contributed by atoms with Crippen LogP contribution in [-0.4, -0.2) is 16.4 Å². The molecule has 0 aromatic heterocycles. The zero-order chi connectivity index (χ0) is 16.8. The maximum absolute atomic E-state index is 14.0. The molecule has 2 rings (SSSR count). The second-order valence-electron chi connectivity index (χ2n) is 5.09. The average Bonchev–Trinajstić information content (AvgIpc) is 2.39. The topological polar surface area (TPSA) is 75.7 Å². The minimum absolute atomic E-state index is 0.0755. The van der Waals surface area contributed by atoms with Gasteiger partial charge in [0.2, 0.25) is 5.82 Å². The molecule has 0 aliphatic carbocycles. The summed E-state index contributed by atoms with van der Waals surface area (Å²) in [6.07, 6.45) is -4.26. The molecule has 0 unspecified atom stereocenters. The number of benzene rings is 2. The second kappa shape index (κ2) is 5.29. The molecule has 0 spiro atoms. The van der Waals surface area contributed by atoms with Crippen LogP contribution in [0, 0.1) is 17.5 Å². The maximum Gasteiger partial charge on any atom is 0.492 e. The van der Waals surface area contributed by atoms with Gasteiger partial charge in [-0.05, 0) is 23.6 Å². The average molecular weight is 319 g/mol. The van der Waals surface area contributed by atoms with E-state index in [-0.39, 0.29) is 22.6 Å². The summed E-state index contributed by atoms with van der Waals surface area (Å²) in [7, 11) is 0. The van der Waals surface area contributed by atoms with Crippen LogP contribution in [0.25, 0.3) is 10.8 Å². The Hall–Kier alpha value is -2.06. The molecule has 0 atom stereocenters. The number of ether oxygens (including phenoxy) is 1. The van der Waals surface area contributed by atoms with Crippen LogP contribution in [0.2, 0.25) is 0 Å². The minimum atomic E-state index is -4.26. The van der Waals surface area contributed by atoms with Gasteiger partial charge < -0.3 is 20.7 Å². The Labute approximate surface area is 122 Å². The Morgan fingerprint density at radius 2 is 1.68 bits per heavy atom. The Bertz CT molecular complexity index is 741. The molecule has 4 nitrogen and oxygen atoms in total. The monoisotopic (exact) mass is 319 g/mol. The Kier molecular flexibility index (Phi) is 3.92. The summed E-state index contributed by atoms with van der Waals surface area (Å²) in [6.45, 7) is 3.30. The lowest BCUT2D eigenvalue weighted by Crippen LogP contribution is -2.30. The van der Waals surface area contributed by atoms with Gasteiger partial charge in [-0.1, -0.05) is 13.8 Å². The fraction of sp³-hybridized carbons (Fsp3) is 0.286. The van der Waals surface area contributed by atoms with Gasteiger partial charge in [0.25, 0.3) is 0 Å². The van der Waals surface area contributed by atoms with Crippen molar-refractivity contribution in [2.75, 3.05) is 5.73 Å². The van der Waals surface area contributed by atoms with Crippen molar-refractivity contribution in [3.8, 4) is 5.75 Å². The molecule has 0 saturated heterocycles. The molecule has 4 N–H and O–H groups in total. The van der Waals surface area contributed by atoms with Crippen molar-refractivity contribution >= 4 is 16.5 Å². The molecule has 0 radical (unpaired) electrons. The first-order valence-corrected chi connectivity index (χ1v) is 6.25. The first-order valence-electron chi connectivity index (χ1n) is 6.25. The lowest BCUT2D eigenvalue weighted by atomic mass is 9.94. The second-order valence-corrected chi connectivity index (χ2v) is 5.09. The molecule has 0 saturated carbocycles. The molecule has 120 valence electrons. The molecule has 2 aromatic rings. The summed E-state index contributed by atoms with van der Waals surface area (Å²) in [6, 6.07) is 2.37. The van der Waals surface area contributed by atoms with Crippen molar-refractivity contribution in [3.63, 3.8) is 0 Å². The summed E-state index contributed by atoms with van der Waals surface area (Å²) in [5, 5.41) is 16.5. The third-order valence-corrected chi connectivity index (χ3v) is 3.09. The molecule has 0 fully saturated rings. The third kappa shape index (κ3) is 2.79. The van der Waals surface area contributed by atoms with Gasteiger partial charge >= 0.3 is 6.23 Å². The summed E-state index contributed by atoms with van der Waals surface area (Å²) >= 11 is 0. The van der Waals surface area contributed by atoms with Crippen LogP contribution < -0.4 is 10.5 Å². The first-order chi connectivity index (χ1) is 10.0. The molecule has 0 heterocycles. The highest BCUT2D eigenvalue weighted by Crippen LogP contribution is 2.40. The lowest BCUT2D eigenvalue weighted by Gasteiger charge is -2.20. The van der Waals surface area contributed by atoms with E-state index in [9.17, 15) is 17.6 Å². The predicted octanol–water partition coefficient (Wildman–Crippen LogP) is 2.91. The standard InChI is InChI=1S/C14H13F4NO3/c1-5(2)7-3-6(19)4-8-9(7)13(22-14(18,20)21)12(17)11(16)10(8)15/h3-5,20-21H,19H2,1-2H3.